The number of hydrogen-bond acceptors (Lipinski definition) is 5. The van der Waals surface area contributed by atoms with Crippen molar-refractivity contribution in [2.24, 2.45) is 5.92 Å². The molecule has 158 valence electrons. The van der Waals surface area contributed by atoms with Crippen LogP contribution in [0.15, 0.2) is 59.2 Å². The Bertz CT molecular complexity index is 1100. The molecule has 30 heavy (non-hydrogen) atoms. The van der Waals surface area contributed by atoms with Crippen LogP contribution in [0.3, 0.4) is 0 Å². The van der Waals surface area contributed by atoms with Gasteiger partial charge in [0.15, 0.2) is 5.76 Å². The summed E-state index contributed by atoms with van der Waals surface area (Å²) in [6.07, 6.45) is 4.25. The van der Waals surface area contributed by atoms with Gasteiger partial charge in [-0.15, -0.1) is 0 Å². The van der Waals surface area contributed by atoms with Crippen LogP contribution < -0.4 is 5.32 Å². The van der Waals surface area contributed by atoms with E-state index in [9.17, 15) is 13.2 Å². The molecule has 2 aromatic heterocycles. The fourth-order valence-electron chi connectivity index (χ4n) is 3.63. The Morgan fingerprint density at radius 1 is 1.17 bits per heavy atom. The lowest BCUT2D eigenvalue weighted by Crippen LogP contribution is -2.41. The summed E-state index contributed by atoms with van der Waals surface area (Å²) in [4.78, 5) is 13.0. The van der Waals surface area contributed by atoms with E-state index in [0.717, 1.165) is 18.5 Å². The summed E-state index contributed by atoms with van der Waals surface area (Å²) in [7, 11) is -3.15. The summed E-state index contributed by atoms with van der Waals surface area (Å²) >= 11 is 0. The van der Waals surface area contributed by atoms with Gasteiger partial charge < -0.3 is 9.73 Å². The number of hydrogen-bond donors (Lipinski definition) is 1. The zero-order valence-electron chi connectivity index (χ0n) is 16.7. The van der Waals surface area contributed by atoms with Gasteiger partial charge in [0.05, 0.1) is 18.2 Å². The first-order valence-corrected chi connectivity index (χ1v) is 11.7. The summed E-state index contributed by atoms with van der Waals surface area (Å²) in [6, 6.07) is 14.7. The highest BCUT2D eigenvalue weighted by Crippen LogP contribution is 2.23. The molecule has 8 nitrogen and oxygen atoms in total. The minimum atomic E-state index is -3.15. The van der Waals surface area contributed by atoms with E-state index in [4.69, 9.17) is 4.42 Å². The van der Waals surface area contributed by atoms with Crippen molar-refractivity contribution in [1.29, 1.82) is 0 Å². The quantitative estimate of drug-likeness (QED) is 0.651. The number of carbonyl (C=O) groups is 1. The number of carbonyl (C=O) groups excluding carboxylic acids is 1. The van der Waals surface area contributed by atoms with Crippen LogP contribution in [0.25, 0.3) is 17.1 Å². The van der Waals surface area contributed by atoms with Crippen LogP contribution in [0.4, 0.5) is 0 Å². The van der Waals surface area contributed by atoms with E-state index < -0.39 is 10.0 Å². The first-order valence-electron chi connectivity index (χ1n) is 9.84. The van der Waals surface area contributed by atoms with E-state index in [-0.39, 0.29) is 11.8 Å². The van der Waals surface area contributed by atoms with Gasteiger partial charge in [0.2, 0.25) is 10.0 Å². The fraction of sp³-hybridized carbons (Fsp3) is 0.333. The van der Waals surface area contributed by atoms with Gasteiger partial charge >= 0.3 is 0 Å². The topological polar surface area (TPSA) is 97.4 Å². The smallest absolute Gasteiger partial charge is 0.270 e. The first kappa shape index (κ1) is 20.4. The molecule has 0 saturated carbocycles. The van der Waals surface area contributed by atoms with E-state index in [2.05, 4.69) is 10.4 Å². The molecule has 1 aliphatic heterocycles. The number of amides is 1. The molecule has 1 saturated heterocycles. The third-order valence-corrected chi connectivity index (χ3v) is 6.61. The Labute approximate surface area is 175 Å². The summed E-state index contributed by atoms with van der Waals surface area (Å²) in [5, 5.41) is 7.56. The van der Waals surface area contributed by atoms with E-state index >= 15 is 0 Å². The van der Waals surface area contributed by atoms with Crippen LogP contribution in [0.1, 0.15) is 23.3 Å². The summed E-state index contributed by atoms with van der Waals surface area (Å²) in [5.74, 6) is 0.603. The number of piperidine rings is 1. The van der Waals surface area contributed by atoms with Gasteiger partial charge in [-0.25, -0.2) is 17.4 Å². The van der Waals surface area contributed by atoms with Crippen molar-refractivity contribution < 1.29 is 17.6 Å². The highest BCUT2D eigenvalue weighted by molar-refractivity contribution is 7.88. The predicted octanol–water partition coefficient (Wildman–Crippen LogP) is 2.53. The van der Waals surface area contributed by atoms with Gasteiger partial charge in [0.25, 0.3) is 5.91 Å². The Morgan fingerprint density at radius 2 is 1.90 bits per heavy atom. The lowest BCUT2D eigenvalue weighted by Gasteiger charge is -2.30. The maximum absolute atomic E-state index is 13.0. The highest BCUT2D eigenvalue weighted by atomic mass is 32.2. The summed E-state index contributed by atoms with van der Waals surface area (Å²) < 4.78 is 31.8. The number of nitrogens with one attached hydrogen (secondary N) is 1. The number of sulfonamides is 1. The monoisotopic (exact) mass is 428 g/mol. The van der Waals surface area contributed by atoms with Crippen LogP contribution >= 0.6 is 0 Å². The molecular formula is C21H24N4O4S. The Morgan fingerprint density at radius 3 is 2.53 bits per heavy atom. The van der Waals surface area contributed by atoms with Gasteiger partial charge in [0.1, 0.15) is 11.4 Å². The molecule has 3 heterocycles. The van der Waals surface area contributed by atoms with Crippen LogP contribution in [-0.2, 0) is 10.0 Å². The normalized spacial score (nSPS) is 15.9. The number of aromatic nitrogens is 2. The van der Waals surface area contributed by atoms with Crippen molar-refractivity contribution in [2.75, 3.05) is 25.9 Å². The molecule has 1 amide bonds. The maximum atomic E-state index is 13.0. The molecule has 0 unspecified atom stereocenters. The van der Waals surface area contributed by atoms with Crippen molar-refractivity contribution in [3.8, 4) is 17.1 Å². The number of furan rings is 1. The third-order valence-electron chi connectivity index (χ3n) is 5.31. The molecule has 0 spiro atoms. The Hall–Kier alpha value is -2.91. The molecule has 1 aliphatic rings. The Balaban J connectivity index is 1.48. The zero-order valence-corrected chi connectivity index (χ0v) is 17.5. The number of para-hydroxylation sites is 1. The largest absolute Gasteiger partial charge is 0.463 e. The standard InChI is InChI=1S/C21H24N4O4S/c1-30(27,28)24-11-9-16(10-12-24)15-22-21(26)19-14-18(20-8-5-13-29-20)23-25(19)17-6-3-2-4-7-17/h2-8,13-14,16H,9-12,15H2,1H3,(H,22,26). The zero-order chi connectivity index (χ0) is 21.1. The number of rotatable bonds is 6. The molecule has 3 aromatic rings. The molecule has 1 N–H and O–H groups in total. The average molecular weight is 429 g/mol. The van der Waals surface area contributed by atoms with Gasteiger partial charge in [-0.2, -0.15) is 5.10 Å². The minimum Gasteiger partial charge on any atom is -0.463 e. The summed E-state index contributed by atoms with van der Waals surface area (Å²) in [5.41, 5.74) is 1.78. The lowest BCUT2D eigenvalue weighted by molar-refractivity contribution is 0.0933. The number of nitrogens with zero attached hydrogens (tertiary/aromatic N) is 3. The van der Waals surface area contributed by atoms with Crippen LogP contribution in [0.2, 0.25) is 0 Å². The van der Waals surface area contributed by atoms with Crippen molar-refractivity contribution in [3.63, 3.8) is 0 Å². The minimum absolute atomic E-state index is 0.227. The van der Waals surface area contributed by atoms with E-state index in [0.29, 0.717) is 36.8 Å². The summed E-state index contributed by atoms with van der Waals surface area (Å²) in [6.45, 7) is 1.47. The molecular weight excluding hydrogens is 404 g/mol. The van der Waals surface area contributed by atoms with Gasteiger partial charge in [0, 0.05) is 25.7 Å². The number of benzene rings is 1. The Kier molecular flexibility index (Phi) is 5.74. The third kappa shape index (κ3) is 4.47. The second-order valence-corrected chi connectivity index (χ2v) is 9.44. The van der Waals surface area contributed by atoms with Crippen LogP contribution in [0.5, 0.6) is 0 Å². The van der Waals surface area contributed by atoms with Crippen molar-refractivity contribution in [1.82, 2.24) is 19.4 Å². The van der Waals surface area contributed by atoms with Crippen molar-refractivity contribution >= 4 is 15.9 Å². The SMILES string of the molecule is CS(=O)(=O)N1CCC(CNC(=O)c2cc(-c3ccco3)nn2-c2ccccc2)CC1. The predicted molar refractivity (Wildman–Crippen MR) is 113 cm³/mol. The van der Waals surface area contributed by atoms with Crippen LogP contribution in [-0.4, -0.2) is 54.3 Å². The average Bonchev–Trinajstić information content (AvgIpc) is 3.42. The molecule has 4 rings (SSSR count). The first-order chi connectivity index (χ1) is 14.4. The molecule has 0 radical (unpaired) electrons. The lowest BCUT2D eigenvalue weighted by atomic mass is 9.98. The van der Waals surface area contributed by atoms with Crippen molar-refractivity contribution in [3.05, 3.63) is 60.5 Å². The highest BCUT2D eigenvalue weighted by Gasteiger charge is 2.26. The second kappa shape index (κ2) is 8.45. The molecule has 1 fully saturated rings. The molecule has 0 atom stereocenters. The maximum Gasteiger partial charge on any atom is 0.270 e. The van der Waals surface area contributed by atoms with E-state index in [1.165, 1.54) is 10.6 Å². The van der Waals surface area contributed by atoms with E-state index in [1.54, 1.807) is 29.1 Å². The van der Waals surface area contributed by atoms with Crippen molar-refractivity contribution in [2.45, 2.75) is 12.8 Å². The second-order valence-electron chi connectivity index (χ2n) is 7.45. The molecule has 0 bridgehead atoms. The van der Waals surface area contributed by atoms with Gasteiger partial charge in [-0.1, -0.05) is 18.2 Å². The van der Waals surface area contributed by atoms with Gasteiger partial charge in [-0.3, -0.25) is 4.79 Å². The van der Waals surface area contributed by atoms with E-state index in [1.807, 2.05) is 30.3 Å². The molecule has 0 aliphatic carbocycles. The van der Waals surface area contributed by atoms with Gasteiger partial charge in [-0.05, 0) is 43.0 Å². The van der Waals surface area contributed by atoms with Crippen LogP contribution in [0, 0.1) is 5.92 Å². The fourth-order valence-corrected chi connectivity index (χ4v) is 4.50. The molecule has 9 heteroatoms. The molecule has 1 aromatic carbocycles.